The van der Waals surface area contributed by atoms with Crippen molar-refractivity contribution in [3.8, 4) is 0 Å². The van der Waals surface area contributed by atoms with E-state index in [0.717, 1.165) is 17.7 Å². The number of nitrogens with two attached hydrogens (primary N) is 1. The Bertz CT molecular complexity index is 652. The van der Waals surface area contributed by atoms with Crippen LogP contribution in [0.15, 0.2) is 42.5 Å². The molecule has 0 radical (unpaired) electrons. The number of hydrogen-bond acceptors (Lipinski definition) is 2. The fraction of sp³-hybridized carbons (Fsp3) is 0.188. The van der Waals surface area contributed by atoms with Gasteiger partial charge in [0, 0.05) is 24.3 Å². The van der Waals surface area contributed by atoms with E-state index in [-0.39, 0.29) is 11.7 Å². The molecule has 2 aromatic rings. The van der Waals surface area contributed by atoms with Crippen LogP contribution < -0.4 is 5.73 Å². The Morgan fingerprint density at radius 3 is 2.65 bits per heavy atom. The van der Waals surface area contributed by atoms with E-state index in [4.69, 9.17) is 5.73 Å². The van der Waals surface area contributed by atoms with Gasteiger partial charge < -0.3 is 10.6 Å². The maximum Gasteiger partial charge on any atom is 0.254 e. The summed E-state index contributed by atoms with van der Waals surface area (Å²) in [4.78, 5) is 14.2. The fourth-order valence-corrected chi connectivity index (χ4v) is 2.56. The number of rotatable bonds is 1. The topological polar surface area (TPSA) is 46.3 Å². The van der Waals surface area contributed by atoms with Crippen LogP contribution >= 0.6 is 0 Å². The van der Waals surface area contributed by atoms with Crippen LogP contribution in [0.3, 0.4) is 0 Å². The van der Waals surface area contributed by atoms with Gasteiger partial charge in [-0.05, 0) is 47.9 Å². The third-order valence-electron chi connectivity index (χ3n) is 3.69. The lowest BCUT2D eigenvalue weighted by atomic mass is 9.97. The highest BCUT2D eigenvalue weighted by Gasteiger charge is 2.22. The molecule has 1 aliphatic heterocycles. The lowest BCUT2D eigenvalue weighted by Gasteiger charge is -2.29. The average molecular weight is 270 g/mol. The molecular weight excluding hydrogens is 255 g/mol. The molecule has 0 saturated heterocycles. The predicted octanol–water partition coefficient (Wildman–Crippen LogP) is 2.61. The molecular formula is C16H15FN2O. The number of nitrogens with zero attached hydrogens (tertiary/aromatic N) is 1. The normalized spacial score (nSPS) is 13.9. The molecule has 20 heavy (non-hydrogen) atoms. The van der Waals surface area contributed by atoms with Gasteiger partial charge in [0.25, 0.3) is 5.91 Å². The van der Waals surface area contributed by atoms with Gasteiger partial charge in [-0.3, -0.25) is 4.79 Å². The molecule has 3 nitrogen and oxygen atoms in total. The maximum atomic E-state index is 12.9. The van der Waals surface area contributed by atoms with Crippen LogP contribution in [0.25, 0.3) is 0 Å². The summed E-state index contributed by atoms with van der Waals surface area (Å²) in [6, 6.07) is 11.5. The lowest BCUT2D eigenvalue weighted by Crippen LogP contribution is -2.36. The standard InChI is InChI=1S/C16H15FN2O/c17-13-6-4-12(5-7-13)16(20)19-9-8-11-2-1-3-15(18)14(11)10-19/h1-7H,8-10,18H2. The molecule has 0 aliphatic carbocycles. The molecule has 2 N–H and O–H groups in total. The number of carbonyl (C=O) groups excluding carboxylic acids is 1. The predicted molar refractivity (Wildman–Crippen MR) is 75.7 cm³/mol. The van der Waals surface area contributed by atoms with E-state index in [1.54, 1.807) is 4.90 Å². The molecule has 0 bridgehead atoms. The van der Waals surface area contributed by atoms with Crippen LogP contribution in [-0.2, 0) is 13.0 Å². The van der Waals surface area contributed by atoms with Gasteiger partial charge in [-0.1, -0.05) is 12.1 Å². The first-order chi connectivity index (χ1) is 9.65. The zero-order valence-corrected chi connectivity index (χ0v) is 11.0. The van der Waals surface area contributed by atoms with Crippen molar-refractivity contribution >= 4 is 11.6 Å². The van der Waals surface area contributed by atoms with Crippen molar-refractivity contribution in [3.05, 3.63) is 65.0 Å². The summed E-state index contributed by atoms with van der Waals surface area (Å²) >= 11 is 0. The maximum absolute atomic E-state index is 12.9. The zero-order chi connectivity index (χ0) is 14.1. The van der Waals surface area contributed by atoms with Gasteiger partial charge in [0.2, 0.25) is 0 Å². The van der Waals surface area contributed by atoms with E-state index >= 15 is 0 Å². The van der Waals surface area contributed by atoms with Gasteiger partial charge in [0.1, 0.15) is 5.82 Å². The molecule has 102 valence electrons. The SMILES string of the molecule is Nc1cccc2c1CN(C(=O)c1ccc(F)cc1)CC2. The molecule has 3 rings (SSSR count). The quantitative estimate of drug-likeness (QED) is 0.810. The van der Waals surface area contributed by atoms with E-state index < -0.39 is 0 Å². The van der Waals surface area contributed by atoms with Crippen molar-refractivity contribution in [1.29, 1.82) is 0 Å². The Kier molecular flexibility index (Phi) is 3.14. The van der Waals surface area contributed by atoms with Crippen molar-refractivity contribution in [2.45, 2.75) is 13.0 Å². The van der Waals surface area contributed by atoms with Crippen LogP contribution in [0.1, 0.15) is 21.5 Å². The van der Waals surface area contributed by atoms with Crippen LogP contribution in [0.4, 0.5) is 10.1 Å². The van der Waals surface area contributed by atoms with Crippen LogP contribution in [0.2, 0.25) is 0 Å². The Labute approximate surface area is 116 Å². The average Bonchev–Trinajstić information content (AvgIpc) is 2.47. The van der Waals surface area contributed by atoms with E-state index in [9.17, 15) is 9.18 Å². The summed E-state index contributed by atoms with van der Waals surface area (Å²) in [6.45, 7) is 1.17. The molecule has 1 amide bonds. The van der Waals surface area contributed by atoms with Gasteiger partial charge in [-0.2, -0.15) is 0 Å². The summed E-state index contributed by atoms with van der Waals surface area (Å²) < 4.78 is 12.9. The minimum Gasteiger partial charge on any atom is -0.398 e. The molecule has 1 heterocycles. The first-order valence-corrected chi connectivity index (χ1v) is 6.56. The summed E-state index contributed by atoms with van der Waals surface area (Å²) in [5, 5.41) is 0. The van der Waals surface area contributed by atoms with Crippen LogP contribution in [0.5, 0.6) is 0 Å². The number of carbonyl (C=O) groups is 1. The molecule has 2 aromatic carbocycles. The van der Waals surface area contributed by atoms with Gasteiger partial charge in [-0.25, -0.2) is 4.39 Å². The Morgan fingerprint density at radius 1 is 1.15 bits per heavy atom. The van der Waals surface area contributed by atoms with Crippen molar-refractivity contribution in [2.24, 2.45) is 0 Å². The molecule has 0 aromatic heterocycles. The van der Waals surface area contributed by atoms with Gasteiger partial charge in [0.15, 0.2) is 0 Å². The number of amides is 1. The van der Waals surface area contributed by atoms with E-state index in [2.05, 4.69) is 0 Å². The van der Waals surface area contributed by atoms with E-state index in [1.165, 1.54) is 29.8 Å². The number of nitrogen functional groups attached to an aromatic ring is 1. The monoisotopic (exact) mass is 270 g/mol. The first kappa shape index (κ1) is 12.7. The largest absolute Gasteiger partial charge is 0.398 e. The summed E-state index contributed by atoms with van der Waals surface area (Å²) in [6.07, 6.45) is 0.799. The summed E-state index contributed by atoms with van der Waals surface area (Å²) in [5.74, 6) is -0.423. The zero-order valence-electron chi connectivity index (χ0n) is 11.0. The highest BCUT2D eigenvalue weighted by molar-refractivity contribution is 5.94. The minimum absolute atomic E-state index is 0.0843. The van der Waals surface area contributed by atoms with Gasteiger partial charge in [-0.15, -0.1) is 0 Å². The second-order valence-electron chi connectivity index (χ2n) is 4.97. The highest BCUT2D eigenvalue weighted by Crippen LogP contribution is 2.25. The Morgan fingerprint density at radius 2 is 1.90 bits per heavy atom. The first-order valence-electron chi connectivity index (χ1n) is 6.56. The third-order valence-corrected chi connectivity index (χ3v) is 3.69. The lowest BCUT2D eigenvalue weighted by molar-refractivity contribution is 0.0735. The van der Waals surface area contributed by atoms with Crippen molar-refractivity contribution in [2.75, 3.05) is 12.3 Å². The number of hydrogen-bond donors (Lipinski definition) is 1. The minimum atomic E-state index is -0.338. The second kappa shape index (κ2) is 4.96. The number of anilines is 1. The second-order valence-corrected chi connectivity index (χ2v) is 4.97. The van der Waals surface area contributed by atoms with E-state index in [0.29, 0.717) is 18.7 Å². The van der Waals surface area contributed by atoms with E-state index in [1.807, 2.05) is 18.2 Å². The number of benzene rings is 2. The number of fused-ring (bicyclic) bond motifs is 1. The molecule has 0 spiro atoms. The Hall–Kier alpha value is -2.36. The highest BCUT2D eigenvalue weighted by atomic mass is 19.1. The molecule has 0 atom stereocenters. The van der Waals surface area contributed by atoms with Crippen molar-refractivity contribution in [1.82, 2.24) is 4.90 Å². The summed E-state index contributed by atoms with van der Waals surface area (Å²) in [7, 11) is 0. The molecule has 1 aliphatic rings. The molecule has 0 unspecified atom stereocenters. The van der Waals surface area contributed by atoms with Crippen LogP contribution in [0, 0.1) is 5.82 Å². The Balaban J connectivity index is 1.85. The molecule has 0 saturated carbocycles. The van der Waals surface area contributed by atoms with Crippen molar-refractivity contribution in [3.63, 3.8) is 0 Å². The molecule has 4 heteroatoms. The fourth-order valence-electron chi connectivity index (χ4n) is 2.56. The molecule has 0 fully saturated rings. The van der Waals surface area contributed by atoms with Crippen LogP contribution in [-0.4, -0.2) is 17.4 Å². The number of halogens is 1. The smallest absolute Gasteiger partial charge is 0.254 e. The third kappa shape index (κ3) is 2.25. The van der Waals surface area contributed by atoms with Gasteiger partial charge in [0.05, 0.1) is 0 Å². The van der Waals surface area contributed by atoms with Gasteiger partial charge >= 0.3 is 0 Å². The van der Waals surface area contributed by atoms with Crippen molar-refractivity contribution < 1.29 is 9.18 Å². The summed E-state index contributed by atoms with van der Waals surface area (Å²) in [5.41, 5.74) is 9.42.